The number of benzene rings is 2. The summed E-state index contributed by atoms with van der Waals surface area (Å²) in [7, 11) is 0. The Kier molecular flexibility index (Phi) is 7.59. The Bertz CT molecular complexity index is 976. The second kappa shape index (κ2) is 9.90. The minimum Gasteiger partial charge on any atom is -0.390 e. The maximum atomic E-state index is 13.6. The average Bonchev–Trinajstić information content (AvgIpc) is 3.50. The molecule has 3 N–H and O–H groups in total. The molecule has 3 rings (SSSR count). The molecular formula is C27H36F2N2O2. The first-order valence-electron chi connectivity index (χ1n) is 11.7. The molecule has 180 valence electrons. The molecular weight excluding hydrogens is 422 g/mol. The summed E-state index contributed by atoms with van der Waals surface area (Å²) >= 11 is 0. The minimum absolute atomic E-state index is 0.0340. The van der Waals surface area contributed by atoms with E-state index in [1.807, 2.05) is 0 Å². The van der Waals surface area contributed by atoms with Crippen molar-refractivity contribution in [3.8, 4) is 0 Å². The topological polar surface area (TPSA) is 61.4 Å². The zero-order chi connectivity index (χ0) is 24.4. The van der Waals surface area contributed by atoms with E-state index in [1.165, 1.54) is 35.7 Å². The van der Waals surface area contributed by atoms with Gasteiger partial charge in [-0.2, -0.15) is 0 Å². The van der Waals surface area contributed by atoms with Gasteiger partial charge in [0.1, 0.15) is 11.6 Å². The van der Waals surface area contributed by atoms with Crippen molar-refractivity contribution < 1.29 is 18.7 Å². The quantitative estimate of drug-likeness (QED) is 0.518. The summed E-state index contributed by atoms with van der Waals surface area (Å²) in [6, 6.07) is 9.35. The third-order valence-corrected chi connectivity index (χ3v) is 6.45. The van der Waals surface area contributed by atoms with Crippen LogP contribution >= 0.6 is 0 Å². The van der Waals surface area contributed by atoms with Gasteiger partial charge in [0, 0.05) is 25.1 Å². The number of rotatable bonds is 9. The largest absolute Gasteiger partial charge is 0.390 e. The molecule has 1 saturated carbocycles. The second-order valence-corrected chi connectivity index (χ2v) is 10.3. The Morgan fingerprint density at radius 2 is 1.70 bits per heavy atom. The van der Waals surface area contributed by atoms with Crippen molar-refractivity contribution >= 4 is 5.91 Å². The van der Waals surface area contributed by atoms with Crippen molar-refractivity contribution in [3.63, 3.8) is 0 Å². The molecule has 2 unspecified atom stereocenters. The van der Waals surface area contributed by atoms with Gasteiger partial charge in [-0.05, 0) is 65.5 Å². The summed E-state index contributed by atoms with van der Waals surface area (Å²) in [5.74, 6) is -1.66. The summed E-state index contributed by atoms with van der Waals surface area (Å²) in [6.45, 7) is 10.4. The molecule has 1 amide bonds. The van der Waals surface area contributed by atoms with E-state index in [-0.39, 0.29) is 29.8 Å². The highest BCUT2D eigenvalue weighted by Gasteiger charge is 2.45. The summed E-state index contributed by atoms with van der Waals surface area (Å²) in [5.41, 5.74) is 4.02. The lowest BCUT2D eigenvalue weighted by Crippen LogP contribution is -2.49. The van der Waals surface area contributed by atoms with Gasteiger partial charge in [-0.25, -0.2) is 8.78 Å². The second-order valence-electron chi connectivity index (χ2n) is 10.3. The smallest absolute Gasteiger partial charge is 0.217 e. The van der Waals surface area contributed by atoms with Crippen LogP contribution in [0.25, 0.3) is 0 Å². The third-order valence-electron chi connectivity index (χ3n) is 6.45. The summed E-state index contributed by atoms with van der Waals surface area (Å²) in [6.07, 6.45) is 2.09. The van der Waals surface area contributed by atoms with Gasteiger partial charge in [0.25, 0.3) is 0 Å². The summed E-state index contributed by atoms with van der Waals surface area (Å²) < 4.78 is 27.2. The van der Waals surface area contributed by atoms with Crippen molar-refractivity contribution in [3.05, 3.63) is 70.3 Å². The molecule has 4 nitrogen and oxygen atoms in total. The molecule has 0 aromatic heterocycles. The van der Waals surface area contributed by atoms with Crippen LogP contribution in [0.15, 0.2) is 36.4 Å². The first kappa shape index (κ1) is 25.3. The van der Waals surface area contributed by atoms with Gasteiger partial charge in [0.15, 0.2) is 0 Å². The monoisotopic (exact) mass is 458 g/mol. The van der Waals surface area contributed by atoms with Gasteiger partial charge < -0.3 is 15.7 Å². The van der Waals surface area contributed by atoms with Crippen molar-refractivity contribution in [2.75, 3.05) is 6.54 Å². The zero-order valence-corrected chi connectivity index (χ0v) is 20.3. The van der Waals surface area contributed by atoms with Gasteiger partial charge in [-0.3, -0.25) is 4.79 Å². The van der Waals surface area contributed by atoms with Gasteiger partial charge in [0.05, 0.1) is 12.1 Å². The lowest BCUT2D eigenvalue weighted by molar-refractivity contribution is -0.120. The Morgan fingerprint density at radius 1 is 1.06 bits per heavy atom. The van der Waals surface area contributed by atoms with E-state index in [1.54, 1.807) is 0 Å². The standard InChI is InChI=1S/C27H36F2N2O2/c1-6-18-9-20(26(3,4)5)14-21(10-18)27(7-8-27)30-16-25(33)24(31-17(2)32)13-19-11-22(28)15-23(29)12-19/h9-12,14-15,24-25,30,33H,6-8,13,16H2,1-5H3,(H,31,32). The Hall–Kier alpha value is -2.31. The van der Waals surface area contributed by atoms with Crippen LogP contribution in [0.3, 0.4) is 0 Å². The number of hydrogen-bond acceptors (Lipinski definition) is 3. The molecule has 0 aliphatic heterocycles. The predicted molar refractivity (Wildman–Crippen MR) is 127 cm³/mol. The number of hydrogen-bond donors (Lipinski definition) is 3. The average molecular weight is 459 g/mol. The Labute approximate surface area is 195 Å². The number of aryl methyl sites for hydroxylation is 1. The molecule has 2 aromatic rings. The van der Waals surface area contributed by atoms with Gasteiger partial charge in [-0.1, -0.05) is 45.9 Å². The van der Waals surface area contributed by atoms with Crippen LogP contribution in [0, 0.1) is 11.6 Å². The maximum Gasteiger partial charge on any atom is 0.217 e. The SMILES string of the molecule is CCc1cc(C(C)(C)C)cc(C2(NCC(O)C(Cc3cc(F)cc(F)c3)NC(C)=O)CC2)c1. The van der Waals surface area contributed by atoms with Crippen LogP contribution in [0.5, 0.6) is 0 Å². The number of aliphatic hydroxyl groups is 1. The van der Waals surface area contributed by atoms with E-state index in [0.29, 0.717) is 5.56 Å². The fourth-order valence-electron chi connectivity index (χ4n) is 4.27. The Morgan fingerprint density at radius 3 is 2.21 bits per heavy atom. The van der Waals surface area contributed by atoms with Crippen molar-refractivity contribution in [2.45, 2.75) is 83.4 Å². The number of halogens is 2. The molecule has 1 fully saturated rings. The van der Waals surface area contributed by atoms with Gasteiger partial charge >= 0.3 is 0 Å². The molecule has 0 saturated heterocycles. The molecule has 1 aliphatic carbocycles. The highest BCUT2D eigenvalue weighted by molar-refractivity contribution is 5.73. The fourth-order valence-corrected chi connectivity index (χ4v) is 4.27. The molecule has 6 heteroatoms. The molecule has 0 heterocycles. The molecule has 1 aliphatic rings. The van der Waals surface area contributed by atoms with Crippen molar-refractivity contribution in [1.82, 2.24) is 10.6 Å². The van der Waals surface area contributed by atoms with Crippen LogP contribution in [-0.2, 0) is 28.6 Å². The van der Waals surface area contributed by atoms with Gasteiger partial charge in [0.2, 0.25) is 5.91 Å². The molecule has 2 aromatic carbocycles. The van der Waals surface area contributed by atoms with E-state index < -0.39 is 23.8 Å². The van der Waals surface area contributed by atoms with E-state index >= 15 is 0 Å². The van der Waals surface area contributed by atoms with Crippen LogP contribution in [0.1, 0.15) is 69.7 Å². The van der Waals surface area contributed by atoms with Gasteiger partial charge in [-0.15, -0.1) is 0 Å². The van der Waals surface area contributed by atoms with E-state index in [9.17, 15) is 18.7 Å². The third kappa shape index (κ3) is 6.61. The van der Waals surface area contributed by atoms with E-state index in [2.05, 4.69) is 56.5 Å². The number of amides is 1. The van der Waals surface area contributed by atoms with E-state index in [4.69, 9.17) is 0 Å². The molecule has 0 radical (unpaired) electrons. The first-order valence-corrected chi connectivity index (χ1v) is 11.7. The van der Waals surface area contributed by atoms with Crippen LogP contribution in [0.2, 0.25) is 0 Å². The molecule has 2 atom stereocenters. The fraction of sp³-hybridized carbons (Fsp3) is 0.519. The normalized spacial score (nSPS) is 16.8. The minimum atomic E-state index is -0.922. The lowest BCUT2D eigenvalue weighted by Gasteiger charge is -2.28. The first-order chi connectivity index (χ1) is 15.4. The highest BCUT2D eigenvalue weighted by atomic mass is 19.1. The highest BCUT2D eigenvalue weighted by Crippen LogP contribution is 2.46. The van der Waals surface area contributed by atoms with Crippen LogP contribution in [-0.4, -0.2) is 29.7 Å². The molecule has 0 bridgehead atoms. The summed E-state index contributed by atoms with van der Waals surface area (Å²) in [5, 5.41) is 17.2. The number of carbonyl (C=O) groups is 1. The molecule has 0 spiro atoms. The van der Waals surface area contributed by atoms with Crippen molar-refractivity contribution in [1.29, 1.82) is 0 Å². The van der Waals surface area contributed by atoms with Crippen LogP contribution in [0.4, 0.5) is 8.78 Å². The Balaban J connectivity index is 1.76. The number of nitrogens with one attached hydrogen (secondary N) is 2. The summed E-state index contributed by atoms with van der Waals surface area (Å²) in [4.78, 5) is 11.7. The maximum absolute atomic E-state index is 13.6. The lowest BCUT2D eigenvalue weighted by atomic mass is 9.83. The van der Waals surface area contributed by atoms with Crippen LogP contribution < -0.4 is 10.6 Å². The predicted octanol–water partition coefficient (Wildman–Crippen LogP) is 4.51. The van der Waals surface area contributed by atoms with Crippen molar-refractivity contribution in [2.24, 2.45) is 0 Å². The number of aliphatic hydroxyl groups excluding tert-OH is 1. The zero-order valence-electron chi connectivity index (χ0n) is 20.3. The van der Waals surface area contributed by atoms with E-state index in [0.717, 1.165) is 25.3 Å². The number of carbonyl (C=O) groups excluding carboxylic acids is 1. The molecule has 33 heavy (non-hydrogen) atoms.